The van der Waals surface area contributed by atoms with Crippen molar-refractivity contribution >= 4 is 46.3 Å². The van der Waals surface area contributed by atoms with Crippen molar-refractivity contribution in [3.63, 3.8) is 0 Å². The van der Waals surface area contributed by atoms with E-state index in [-0.39, 0.29) is 0 Å². The number of hydrogen-bond acceptors (Lipinski definition) is 5. The summed E-state index contributed by atoms with van der Waals surface area (Å²) in [4.78, 5) is 29.2. The summed E-state index contributed by atoms with van der Waals surface area (Å²) < 4.78 is 7.18. The number of nitrogens with zero attached hydrogens (tertiary/aromatic N) is 2. The lowest BCUT2D eigenvalue weighted by molar-refractivity contribution is -0.119. The van der Waals surface area contributed by atoms with Crippen LogP contribution in [0.1, 0.15) is 12.5 Å². The molecule has 0 aliphatic carbocycles. The number of imide groups is 1. The third-order valence-electron chi connectivity index (χ3n) is 4.38. The van der Waals surface area contributed by atoms with Crippen LogP contribution in [0.3, 0.4) is 0 Å². The molecule has 1 aromatic heterocycles. The molecular weight excluding hydrogens is 424 g/mol. The average molecular weight is 447 g/mol. The van der Waals surface area contributed by atoms with E-state index < -0.39 is 17.2 Å². The number of urea groups is 1. The maximum atomic E-state index is 12.5. The lowest BCUT2D eigenvalue weighted by Crippen LogP contribution is -2.42. The Balaban J connectivity index is 1.64. The molecule has 2 N–H and O–H groups in total. The molecule has 9 heteroatoms. The Labute approximate surface area is 184 Å². The van der Waals surface area contributed by atoms with Crippen LogP contribution in [-0.4, -0.2) is 40.5 Å². The predicted octanol–water partition coefficient (Wildman–Crippen LogP) is 3.84. The van der Waals surface area contributed by atoms with Crippen molar-refractivity contribution in [2.24, 2.45) is 0 Å². The quantitative estimate of drug-likeness (QED) is 0.513. The van der Waals surface area contributed by atoms with Crippen molar-refractivity contribution < 1.29 is 14.3 Å². The number of rotatable bonds is 8. The van der Waals surface area contributed by atoms with Gasteiger partial charge in [0.05, 0.1) is 22.9 Å². The second-order valence-electron chi connectivity index (χ2n) is 6.59. The first-order chi connectivity index (χ1) is 14.5. The lowest BCUT2D eigenvalue weighted by Gasteiger charge is -2.13. The topological polar surface area (TPSA) is 85.2 Å². The monoisotopic (exact) mass is 446 g/mol. The van der Waals surface area contributed by atoms with E-state index in [1.165, 1.54) is 11.8 Å². The summed E-state index contributed by atoms with van der Waals surface area (Å²) in [6.07, 6.45) is 0. The van der Waals surface area contributed by atoms with Gasteiger partial charge in [-0.05, 0) is 30.7 Å². The zero-order valence-electron chi connectivity index (χ0n) is 16.7. The maximum Gasteiger partial charge on any atom is 0.321 e. The molecule has 0 spiro atoms. The van der Waals surface area contributed by atoms with E-state index in [1.54, 1.807) is 26.2 Å². The summed E-state index contributed by atoms with van der Waals surface area (Å²) in [5, 5.41) is 5.80. The Hall–Kier alpha value is -2.55. The summed E-state index contributed by atoms with van der Waals surface area (Å²) in [6, 6.07) is 14.4. The summed E-state index contributed by atoms with van der Waals surface area (Å²) >= 11 is 7.36. The molecule has 0 saturated carbocycles. The number of carbonyl (C=O) groups is 2. The number of ether oxygens (including phenoxy) is 1. The molecule has 3 rings (SSSR count). The third-order valence-corrected chi connectivity index (χ3v) is 5.70. The van der Waals surface area contributed by atoms with Crippen LogP contribution < -0.4 is 10.6 Å². The highest BCUT2D eigenvalue weighted by Crippen LogP contribution is 2.28. The average Bonchev–Trinajstić information content (AvgIpc) is 3.07. The van der Waals surface area contributed by atoms with E-state index in [0.717, 1.165) is 16.6 Å². The van der Waals surface area contributed by atoms with Crippen LogP contribution in [0.4, 0.5) is 4.79 Å². The number of halogens is 1. The fourth-order valence-electron chi connectivity index (χ4n) is 2.82. The maximum absolute atomic E-state index is 12.5. The van der Waals surface area contributed by atoms with Gasteiger partial charge in [0.15, 0.2) is 5.16 Å². The molecule has 1 heterocycles. The molecule has 2 aromatic carbocycles. The van der Waals surface area contributed by atoms with Gasteiger partial charge in [0.25, 0.3) is 0 Å². The summed E-state index contributed by atoms with van der Waals surface area (Å²) in [6.45, 7) is 3.17. The number of amides is 3. The van der Waals surface area contributed by atoms with Gasteiger partial charge in [-0.3, -0.25) is 10.1 Å². The van der Waals surface area contributed by atoms with Crippen molar-refractivity contribution in [2.75, 3.05) is 13.7 Å². The van der Waals surface area contributed by atoms with Gasteiger partial charge in [-0.15, -0.1) is 0 Å². The molecule has 7 nitrogen and oxygen atoms in total. The minimum absolute atomic E-state index is 0.342. The highest BCUT2D eigenvalue weighted by Gasteiger charge is 2.21. The zero-order chi connectivity index (χ0) is 21.5. The number of benzene rings is 2. The molecule has 3 amide bonds. The molecule has 0 bridgehead atoms. The molecule has 1 atom stereocenters. The molecule has 0 aliphatic heterocycles. The van der Waals surface area contributed by atoms with Crippen LogP contribution in [0, 0.1) is 0 Å². The predicted molar refractivity (Wildman–Crippen MR) is 119 cm³/mol. The summed E-state index contributed by atoms with van der Waals surface area (Å²) in [7, 11) is 1.63. The molecule has 0 saturated heterocycles. The van der Waals surface area contributed by atoms with E-state index in [2.05, 4.69) is 15.6 Å². The first-order valence-corrected chi connectivity index (χ1v) is 10.7. The minimum atomic E-state index is -0.532. The van der Waals surface area contributed by atoms with Gasteiger partial charge in [0.1, 0.15) is 0 Å². The number of aromatic nitrogens is 2. The van der Waals surface area contributed by atoms with Crippen molar-refractivity contribution in [3.05, 3.63) is 59.1 Å². The highest BCUT2D eigenvalue weighted by molar-refractivity contribution is 8.00. The van der Waals surface area contributed by atoms with E-state index >= 15 is 0 Å². The molecular formula is C21H23ClN4O3S. The molecule has 0 fully saturated rings. The van der Waals surface area contributed by atoms with E-state index in [4.69, 9.17) is 16.3 Å². The smallest absolute Gasteiger partial charge is 0.321 e. The molecule has 158 valence electrons. The van der Waals surface area contributed by atoms with Crippen LogP contribution in [-0.2, 0) is 22.6 Å². The number of thioether (sulfide) groups is 1. The highest BCUT2D eigenvalue weighted by atomic mass is 35.5. The first kappa shape index (κ1) is 22.1. The van der Waals surface area contributed by atoms with Crippen molar-refractivity contribution in [2.45, 2.75) is 30.4 Å². The van der Waals surface area contributed by atoms with Gasteiger partial charge >= 0.3 is 6.03 Å². The Morgan fingerprint density at radius 2 is 2.00 bits per heavy atom. The van der Waals surface area contributed by atoms with Crippen LogP contribution in [0.5, 0.6) is 0 Å². The van der Waals surface area contributed by atoms with E-state index in [1.807, 2.05) is 41.0 Å². The van der Waals surface area contributed by atoms with Gasteiger partial charge in [0, 0.05) is 25.2 Å². The Morgan fingerprint density at radius 3 is 2.73 bits per heavy atom. The van der Waals surface area contributed by atoms with Crippen LogP contribution >= 0.6 is 23.4 Å². The summed E-state index contributed by atoms with van der Waals surface area (Å²) in [5.41, 5.74) is 2.61. The summed E-state index contributed by atoms with van der Waals surface area (Å²) in [5.74, 6) is -0.394. The van der Waals surface area contributed by atoms with Crippen LogP contribution in [0.25, 0.3) is 11.0 Å². The van der Waals surface area contributed by atoms with Crippen LogP contribution in [0.2, 0.25) is 5.02 Å². The molecule has 1 unspecified atom stereocenters. The zero-order valence-corrected chi connectivity index (χ0v) is 18.3. The van der Waals surface area contributed by atoms with Gasteiger partial charge in [0.2, 0.25) is 5.91 Å². The van der Waals surface area contributed by atoms with Gasteiger partial charge in [-0.1, -0.05) is 53.7 Å². The Bertz CT molecular complexity index is 1030. The number of fused-ring (bicyclic) bond motifs is 1. The number of nitrogens with one attached hydrogen (secondary N) is 2. The van der Waals surface area contributed by atoms with Crippen molar-refractivity contribution in [1.82, 2.24) is 20.2 Å². The number of hydrogen-bond donors (Lipinski definition) is 2. The molecule has 3 aromatic rings. The van der Waals surface area contributed by atoms with Crippen molar-refractivity contribution in [1.29, 1.82) is 0 Å². The largest absolute Gasteiger partial charge is 0.383 e. The normalized spacial score (nSPS) is 12.0. The number of carbonyl (C=O) groups excluding carboxylic acids is 2. The third kappa shape index (κ3) is 5.75. The molecule has 0 aliphatic rings. The van der Waals surface area contributed by atoms with E-state index in [0.29, 0.717) is 29.9 Å². The standard InChI is InChI=1S/C21H23ClN4O3S/c1-14(19(27)25-20(28)23-13-15-6-4-3-5-7-15)30-21-24-17-12-16(22)8-9-18(17)26(21)10-11-29-2/h3-9,12,14H,10-11,13H2,1-2H3,(H2,23,25,27,28). The van der Waals surface area contributed by atoms with E-state index in [9.17, 15) is 9.59 Å². The minimum Gasteiger partial charge on any atom is -0.383 e. The molecule has 0 radical (unpaired) electrons. The van der Waals surface area contributed by atoms with Crippen molar-refractivity contribution in [3.8, 4) is 0 Å². The van der Waals surface area contributed by atoms with Gasteiger partial charge < -0.3 is 14.6 Å². The fraction of sp³-hybridized carbons (Fsp3) is 0.286. The van der Waals surface area contributed by atoms with Crippen LogP contribution in [0.15, 0.2) is 53.7 Å². The Kier molecular flexibility index (Phi) is 7.73. The number of methoxy groups -OCH3 is 1. The SMILES string of the molecule is COCCn1c(SC(C)C(=O)NC(=O)NCc2ccccc2)nc2cc(Cl)ccc21. The fourth-order valence-corrected chi connectivity index (χ4v) is 3.93. The second kappa shape index (κ2) is 10.5. The Morgan fingerprint density at radius 1 is 1.23 bits per heavy atom. The number of imidazole rings is 1. The van der Waals surface area contributed by atoms with Gasteiger partial charge in [-0.25, -0.2) is 9.78 Å². The second-order valence-corrected chi connectivity index (χ2v) is 8.33. The van der Waals surface area contributed by atoms with Gasteiger partial charge in [-0.2, -0.15) is 0 Å². The first-order valence-electron chi connectivity index (χ1n) is 9.42. The lowest BCUT2D eigenvalue weighted by atomic mass is 10.2. The molecule has 30 heavy (non-hydrogen) atoms.